The smallest absolute Gasteiger partial charge is 0.243 e. The van der Waals surface area contributed by atoms with Crippen LogP contribution in [0.25, 0.3) is 0 Å². The number of hydrogen-bond donors (Lipinski definition) is 1. The molecule has 0 unspecified atom stereocenters. The minimum atomic E-state index is -1.58. The SMILES string of the molecule is C=CCn1cc[n+](C)c1.C=CCn1cc[n+](C)c1.N[C@@H](CC(=O)[O-])C(=O)[O-]. The topological polar surface area (TPSA) is 124 Å². The molecule has 9 nitrogen and oxygen atoms in total. The molecular formula is C18H27N5O4. The molecule has 2 aromatic heterocycles. The average molecular weight is 377 g/mol. The Labute approximate surface area is 158 Å². The van der Waals surface area contributed by atoms with E-state index in [4.69, 9.17) is 5.73 Å². The third-order valence-corrected chi connectivity index (χ3v) is 3.02. The van der Waals surface area contributed by atoms with Crippen molar-refractivity contribution in [3.8, 4) is 0 Å². The van der Waals surface area contributed by atoms with Crippen LogP contribution in [0.4, 0.5) is 0 Å². The molecule has 0 saturated carbocycles. The molecule has 0 aromatic carbocycles. The molecule has 0 radical (unpaired) electrons. The van der Waals surface area contributed by atoms with Crippen LogP contribution >= 0.6 is 0 Å². The number of aromatic nitrogens is 4. The van der Waals surface area contributed by atoms with Gasteiger partial charge >= 0.3 is 0 Å². The summed E-state index contributed by atoms with van der Waals surface area (Å²) in [5.41, 5.74) is 4.73. The summed E-state index contributed by atoms with van der Waals surface area (Å²) >= 11 is 0. The van der Waals surface area contributed by atoms with E-state index in [2.05, 4.69) is 22.3 Å². The first-order valence-corrected chi connectivity index (χ1v) is 8.09. The number of carbonyl (C=O) groups excluding carboxylic acids is 2. The van der Waals surface area contributed by atoms with Gasteiger partial charge in [0.2, 0.25) is 12.7 Å². The van der Waals surface area contributed by atoms with Crippen LogP contribution in [0, 0.1) is 0 Å². The van der Waals surface area contributed by atoms with Crippen molar-refractivity contribution >= 4 is 11.9 Å². The Bertz CT molecular complexity index is 689. The number of nitrogens with two attached hydrogens (primary N) is 1. The lowest BCUT2D eigenvalue weighted by Crippen LogP contribution is -2.45. The van der Waals surface area contributed by atoms with E-state index >= 15 is 0 Å². The zero-order chi connectivity index (χ0) is 20.8. The summed E-state index contributed by atoms with van der Waals surface area (Å²) in [4.78, 5) is 19.3. The second-order valence-corrected chi connectivity index (χ2v) is 5.63. The van der Waals surface area contributed by atoms with Gasteiger partial charge in [-0.3, -0.25) is 0 Å². The maximum atomic E-state index is 9.71. The fourth-order valence-corrected chi connectivity index (χ4v) is 1.78. The highest BCUT2D eigenvalue weighted by Gasteiger charge is 2.01. The van der Waals surface area contributed by atoms with Gasteiger partial charge in [0.25, 0.3) is 0 Å². The highest BCUT2D eigenvalue weighted by molar-refractivity contribution is 5.77. The number of allylic oxidation sites excluding steroid dienone is 2. The van der Waals surface area contributed by atoms with Crippen molar-refractivity contribution in [2.45, 2.75) is 25.6 Å². The fourth-order valence-electron chi connectivity index (χ4n) is 1.78. The maximum Gasteiger partial charge on any atom is 0.243 e. The van der Waals surface area contributed by atoms with E-state index in [9.17, 15) is 19.8 Å². The standard InChI is InChI=1S/2C7H11N2.C4H7NO4/c2*1-3-4-9-6-5-8(2)7-9;5-2(4(8)9)1-3(6)7/h2*3,5-7H,1,4H2,2H3;2H,1,5H2,(H,6,7)(H,8,9)/q2*+1;/p-2/t;;2-/m..0/s1. The van der Waals surface area contributed by atoms with Gasteiger partial charge in [0.05, 0.1) is 20.1 Å². The molecule has 2 N–H and O–H groups in total. The number of rotatable bonds is 7. The van der Waals surface area contributed by atoms with Crippen LogP contribution in [-0.2, 0) is 36.8 Å². The molecule has 0 aliphatic heterocycles. The number of hydrogen-bond acceptors (Lipinski definition) is 5. The van der Waals surface area contributed by atoms with Crippen molar-refractivity contribution in [2.75, 3.05) is 0 Å². The first-order valence-electron chi connectivity index (χ1n) is 8.09. The lowest BCUT2D eigenvalue weighted by Gasteiger charge is -2.11. The van der Waals surface area contributed by atoms with Crippen molar-refractivity contribution in [1.29, 1.82) is 0 Å². The summed E-state index contributed by atoms with van der Waals surface area (Å²) in [6.07, 6.45) is 15.1. The Kier molecular flexibility index (Phi) is 11.5. The molecule has 9 heteroatoms. The molecule has 2 rings (SSSR count). The fraction of sp³-hybridized carbons (Fsp3) is 0.333. The first kappa shape index (κ1) is 23.8. The molecule has 0 fully saturated rings. The Morgan fingerprint density at radius 3 is 1.63 bits per heavy atom. The van der Waals surface area contributed by atoms with E-state index in [1.807, 2.05) is 72.8 Å². The van der Waals surface area contributed by atoms with Crippen LogP contribution < -0.4 is 25.1 Å². The molecule has 0 aliphatic carbocycles. The van der Waals surface area contributed by atoms with Crippen LogP contribution in [0.15, 0.2) is 62.8 Å². The van der Waals surface area contributed by atoms with Crippen molar-refractivity contribution in [2.24, 2.45) is 19.8 Å². The van der Waals surface area contributed by atoms with Gasteiger partial charge in [-0.1, -0.05) is 25.3 Å². The van der Waals surface area contributed by atoms with Gasteiger partial charge in [0, 0.05) is 18.4 Å². The second kappa shape index (κ2) is 13.1. The van der Waals surface area contributed by atoms with Crippen LogP contribution in [0.5, 0.6) is 0 Å². The minimum absolute atomic E-state index is 0.706. The highest BCUT2D eigenvalue weighted by Crippen LogP contribution is 1.83. The number of nitrogens with zero attached hydrogens (tertiary/aromatic N) is 4. The van der Waals surface area contributed by atoms with E-state index in [1.54, 1.807) is 0 Å². The third-order valence-electron chi connectivity index (χ3n) is 3.02. The summed E-state index contributed by atoms with van der Waals surface area (Å²) in [6, 6.07) is -1.46. The van der Waals surface area contributed by atoms with Crippen molar-refractivity contribution in [1.82, 2.24) is 9.13 Å². The summed E-state index contributed by atoms with van der Waals surface area (Å²) in [5, 5.41) is 19.3. The molecular weight excluding hydrogens is 350 g/mol. The summed E-state index contributed by atoms with van der Waals surface area (Å²) < 4.78 is 8.13. The molecule has 0 bridgehead atoms. The van der Waals surface area contributed by atoms with Gasteiger partial charge in [-0.2, -0.15) is 0 Å². The Morgan fingerprint density at radius 1 is 1.04 bits per heavy atom. The number of carboxylic acid groups (broad SMARTS) is 2. The van der Waals surface area contributed by atoms with Crippen molar-refractivity contribution in [3.63, 3.8) is 0 Å². The first-order chi connectivity index (χ1) is 12.7. The zero-order valence-corrected chi connectivity index (χ0v) is 15.7. The minimum Gasteiger partial charge on any atom is -0.550 e. The molecule has 1 atom stereocenters. The number of carboxylic acids is 2. The van der Waals surface area contributed by atoms with E-state index in [1.165, 1.54) is 0 Å². The van der Waals surface area contributed by atoms with Crippen LogP contribution in [0.3, 0.4) is 0 Å². The van der Waals surface area contributed by atoms with Crippen molar-refractivity contribution in [3.05, 3.63) is 62.8 Å². The maximum absolute atomic E-state index is 9.71. The summed E-state index contributed by atoms with van der Waals surface area (Å²) in [6.45, 7) is 9.05. The molecule has 0 amide bonds. The molecule has 148 valence electrons. The van der Waals surface area contributed by atoms with Gasteiger partial charge in [0.1, 0.15) is 37.9 Å². The van der Waals surface area contributed by atoms with Gasteiger partial charge in [-0.15, -0.1) is 0 Å². The highest BCUT2D eigenvalue weighted by atomic mass is 16.4. The van der Waals surface area contributed by atoms with Gasteiger partial charge in [-0.25, -0.2) is 18.3 Å². The van der Waals surface area contributed by atoms with E-state index in [0.717, 1.165) is 13.1 Å². The number of aryl methyl sites for hydroxylation is 2. The van der Waals surface area contributed by atoms with Crippen molar-refractivity contribution < 1.29 is 28.9 Å². The monoisotopic (exact) mass is 377 g/mol. The van der Waals surface area contributed by atoms with E-state index in [0.29, 0.717) is 0 Å². The van der Waals surface area contributed by atoms with E-state index < -0.39 is 24.4 Å². The van der Waals surface area contributed by atoms with Crippen LogP contribution in [0.2, 0.25) is 0 Å². The quantitative estimate of drug-likeness (QED) is 0.412. The predicted molar refractivity (Wildman–Crippen MR) is 94.2 cm³/mol. The average Bonchev–Trinajstić information content (AvgIpc) is 3.17. The number of imidazole rings is 2. The lowest BCUT2D eigenvalue weighted by molar-refractivity contribution is -0.671. The molecule has 2 aromatic rings. The molecule has 2 heterocycles. The number of aliphatic carboxylic acids is 2. The largest absolute Gasteiger partial charge is 0.550 e. The van der Waals surface area contributed by atoms with Gasteiger partial charge in [-0.05, 0) is 0 Å². The predicted octanol–water partition coefficient (Wildman–Crippen LogP) is -2.80. The van der Waals surface area contributed by atoms with E-state index in [-0.39, 0.29) is 0 Å². The molecule has 0 spiro atoms. The van der Waals surface area contributed by atoms with Crippen LogP contribution in [0.1, 0.15) is 6.42 Å². The molecule has 0 aliphatic rings. The normalized spacial score (nSPS) is 10.5. The zero-order valence-electron chi connectivity index (χ0n) is 15.7. The molecule has 27 heavy (non-hydrogen) atoms. The number of carbonyl (C=O) groups is 2. The third kappa shape index (κ3) is 11.9. The van der Waals surface area contributed by atoms with Gasteiger partial charge < -0.3 is 25.5 Å². The Hall–Kier alpha value is -3.20. The Balaban J connectivity index is 0.000000376. The summed E-state index contributed by atoms with van der Waals surface area (Å²) in [5.74, 6) is -3.08. The molecule has 0 saturated heterocycles. The second-order valence-electron chi connectivity index (χ2n) is 5.63. The van der Waals surface area contributed by atoms with Crippen LogP contribution in [-0.4, -0.2) is 27.1 Å². The Morgan fingerprint density at radius 2 is 1.44 bits per heavy atom. The summed E-state index contributed by atoms with van der Waals surface area (Å²) in [7, 11) is 4.00. The van der Waals surface area contributed by atoms with Gasteiger partial charge in [0.15, 0.2) is 0 Å². The lowest BCUT2D eigenvalue weighted by atomic mass is 10.2.